The highest BCUT2D eigenvalue weighted by Gasteiger charge is 2.54. The van der Waals surface area contributed by atoms with E-state index in [1.54, 1.807) is 11.3 Å². The van der Waals surface area contributed by atoms with Crippen molar-refractivity contribution in [3.8, 4) is 0 Å². The highest BCUT2D eigenvalue weighted by atomic mass is 32.1. The van der Waals surface area contributed by atoms with E-state index in [0.29, 0.717) is 11.7 Å². The molecular formula is C26H41N4O4S+. The molecule has 1 saturated heterocycles. The van der Waals surface area contributed by atoms with Gasteiger partial charge in [-0.25, -0.2) is 4.98 Å². The largest absolute Gasteiger partial charge is 0.392 e. The second-order valence-electron chi connectivity index (χ2n) is 11.6. The fourth-order valence-corrected chi connectivity index (χ4v) is 8.05. The molecule has 0 spiro atoms. The molecule has 4 N–H and O–H groups in total. The lowest BCUT2D eigenvalue weighted by Crippen LogP contribution is -3.14. The number of aliphatic hydroxyl groups excluding tert-OH is 1. The summed E-state index contributed by atoms with van der Waals surface area (Å²) in [6.45, 7) is 11.6. The van der Waals surface area contributed by atoms with Crippen molar-refractivity contribution in [2.24, 2.45) is 29.1 Å². The van der Waals surface area contributed by atoms with Crippen molar-refractivity contribution in [3.63, 3.8) is 0 Å². The average molecular weight is 506 g/mol. The Labute approximate surface area is 212 Å². The van der Waals surface area contributed by atoms with Gasteiger partial charge in [0.15, 0.2) is 5.13 Å². The summed E-state index contributed by atoms with van der Waals surface area (Å²) in [5.74, 6) is 0.141. The fraction of sp³-hybridized carbons (Fsp3) is 0.808. The van der Waals surface area contributed by atoms with E-state index in [1.165, 1.54) is 9.78 Å². The van der Waals surface area contributed by atoms with E-state index < -0.39 is 6.10 Å². The van der Waals surface area contributed by atoms with Gasteiger partial charge in [0.25, 0.3) is 0 Å². The molecule has 0 bridgehead atoms. The summed E-state index contributed by atoms with van der Waals surface area (Å²) in [6, 6.07) is 0. The molecule has 1 aliphatic heterocycles. The minimum atomic E-state index is -0.547. The predicted molar refractivity (Wildman–Crippen MR) is 134 cm³/mol. The lowest BCUT2D eigenvalue weighted by Gasteiger charge is -2.53. The normalized spacial score (nSPS) is 33.9. The van der Waals surface area contributed by atoms with Crippen LogP contribution in [0.15, 0.2) is 0 Å². The number of morpholine rings is 1. The summed E-state index contributed by atoms with van der Waals surface area (Å²) in [7, 11) is 0. The molecule has 6 atom stereocenters. The lowest BCUT2D eigenvalue weighted by molar-refractivity contribution is -0.906. The number of aromatic nitrogens is 1. The van der Waals surface area contributed by atoms with Crippen molar-refractivity contribution < 1.29 is 24.3 Å². The molecule has 194 valence electrons. The summed E-state index contributed by atoms with van der Waals surface area (Å²) in [4.78, 5) is 32.8. The number of hydrogen-bond donors (Lipinski definition) is 4. The molecule has 0 radical (unpaired) electrons. The Bertz CT molecular complexity index is 944. The van der Waals surface area contributed by atoms with E-state index in [1.807, 2.05) is 6.92 Å². The van der Waals surface area contributed by atoms with Gasteiger partial charge < -0.3 is 25.4 Å². The molecule has 0 unspecified atom stereocenters. The van der Waals surface area contributed by atoms with Crippen molar-refractivity contribution in [2.45, 2.75) is 64.9 Å². The summed E-state index contributed by atoms with van der Waals surface area (Å²) in [6.07, 6.45) is 4.11. The molecule has 1 aromatic rings. The molecule has 8 nitrogen and oxygen atoms in total. The van der Waals surface area contributed by atoms with Crippen molar-refractivity contribution >= 4 is 28.3 Å². The number of aliphatic hydroxyl groups is 1. The zero-order valence-corrected chi connectivity index (χ0v) is 22.1. The number of ether oxygens (including phenoxy) is 1. The summed E-state index contributed by atoms with van der Waals surface area (Å²) in [5, 5.41) is 18.5. The molecule has 4 aliphatic rings. The van der Waals surface area contributed by atoms with Crippen LogP contribution in [0.3, 0.4) is 0 Å². The molecule has 2 amide bonds. The standard InChI is InChI=1S/C26H40N4O4S/c1-15(23(32)27-8-9-30-10-12-34-13-11-30)18-6-7-26(3)14-19-21(16(2)20(26)22(18)31)28-25(35-19)29-24(33)17-4-5-17/h15-18,20,22,31H,4-14H2,1-3H3,(H,27,32)(H,28,29,33)/p+1/t15-,16-,18-,20+,22-,26+/m0/s1. The van der Waals surface area contributed by atoms with Crippen molar-refractivity contribution in [1.29, 1.82) is 0 Å². The average Bonchev–Trinajstić information content (AvgIpc) is 3.61. The first-order chi connectivity index (χ1) is 16.8. The number of hydrogen-bond acceptors (Lipinski definition) is 6. The third kappa shape index (κ3) is 5.15. The number of nitrogens with zero attached hydrogens (tertiary/aromatic N) is 1. The van der Waals surface area contributed by atoms with E-state index in [0.717, 1.165) is 70.6 Å². The first kappa shape index (κ1) is 25.1. The Balaban J connectivity index is 1.22. The van der Waals surface area contributed by atoms with E-state index in [4.69, 9.17) is 9.72 Å². The quantitative estimate of drug-likeness (QED) is 0.446. The summed E-state index contributed by atoms with van der Waals surface area (Å²) < 4.78 is 5.41. The van der Waals surface area contributed by atoms with Crippen molar-refractivity contribution in [1.82, 2.24) is 10.3 Å². The van der Waals surface area contributed by atoms with Crippen LogP contribution in [0.1, 0.15) is 62.9 Å². The van der Waals surface area contributed by atoms with Crippen LogP contribution >= 0.6 is 11.3 Å². The Kier molecular flexibility index (Phi) is 7.23. The van der Waals surface area contributed by atoms with Crippen LogP contribution in [0, 0.1) is 29.1 Å². The smallest absolute Gasteiger partial charge is 0.229 e. The van der Waals surface area contributed by atoms with E-state index in [9.17, 15) is 14.7 Å². The van der Waals surface area contributed by atoms with Gasteiger partial charge in [-0.05, 0) is 49.4 Å². The minimum Gasteiger partial charge on any atom is -0.392 e. The van der Waals surface area contributed by atoms with Crippen molar-refractivity contribution in [3.05, 3.63) is 10.6 Å². The van der Waals surface area contributed by atoms with Gasteiger partial charge in [-0.1, -0.05) is 20.8 Å². The number of fused-ring (bicyclic) bond motifs is 2. The first-order valence-corrected chi connectivity index (χ1v) is 14.3. The van der Waals surface area contributed by atoms with Crippen LogP contribution in [0.2, 0.25) is 0 Å². The fourth-order valence-electron chi connectivity index (χ4n) is 6.78. The number of amides is 2. The number of carbonyl (C=O) groups is 2. The van der Waals surface area contributed by atoms with Gasteiger partial charge in [-0.15, -0.1) is 11.3 Å². The van der Waals surface area contributed by atoms with E-state index in [-0.39, 0.29) is 46.8 Å². The number of rotatable bonds is 7. The first-order valence-electron chi connectivity index (χ1n) is 13.4. The molecule has 2 saturated carbocycles. The molecule has 5 rings (SSSR count). The van der Waals surface area contributed by atoms with E-state index in [2.05, 4.69) is 24.5 Å². The van der Waals surface area contributed by atoms with Crippen LogP contribution in [-0.2, 0) is 20.7 Å². The topological polar surface area (TPSA) is 105 Å². The van der Waals surface area contributed by atoms with E-state index >= 15 is 0 Å². The van der Waals surface area contributed by atoms with Gasteiger partial charge in [-0.3, -0.25) is 9.59 Å². The zero-order valence-electron chi connectivity index (χ0n) is 21.3. The van der Waals surface area contributed by atoms with Crippen LogP contribution in [0.25, 0.3) is 0 Å². The van der Waals surface area contributed by atoms with Crippen LogP contribution in [0.5, 0.6) is 0 Å². The monoisotopic (exact) mass is 505 g/mol. The SMILES string of the molecule is C[C@H](C(=O)NCC[NH+]1CCOCC1)[C@@H]1CC[C@]2(C)Cc3sc(NC(=O)C4CC4)nc3[C@@H](C)[C@@H]2[C@H]1O. The highest BCUT2D eigenvalue weighted by molar-refractivity contribution is 7.15. The lowest BCUT2D eigenvalue weighted by atomic mass is 9.53. The van der Waals surface area contributed by atoms with Gasteiger partial charge >= 0.3 is 0 Å². The number of carbonyl (C=O) groups excluding carboxylic acids is 2. The summed E-state index contributed by atoms with van der Waals surface area (Å²) in [5.41, 5.74) is 0.997. The number of quaternary nitrogens is 1. The molecule has 2 heterocycles. The predicted octanol–water partition coefficient (Wildman–Crippen LogP) is 1.21. The molecule has 35 heavy (non-hydrogen) atoms. The minimum absolute atomic E-state index is 0.0253. The van der Waals surface area contributed by atoms with Gasteiger partial charge in [0.2, 0.25) is 11.8 Å². The van der Waals surface area contributed by atoms with Crippen LogP contribution in [0.4, 0.5) is 5.13 Å². The van der Waals surface area contributed by atoms with Gasteiger partial charge in [0.1, 0.15) is 13.1 Å². The molecule has 0 aromatic carbocycles. The zero-order chi connectivity index (χ0) is 24.7. The molecular weight excluding hydrogens is 464 g/mol. The third-order valence-corrected chi connectivity index (χ3v) is 10.1. The second-order valence-corrected chi connectivity index (χ2v) is 12.7. The number of thiazole rings is 1. The number of anilines is 1. The summed E-state index contributed by atoms with van der Waals surface area (Å²) >= 11 is 1.60. The maximum atomic E-state index is 13.0. The Hall–Kier alpha value is -1.55. The molecule has 9 heteroatoms. The van der Waals surface area contributed by atoms with Gasteiger partial charge in [0, 0.05) is 22.6 Å². The Morgan fingerprint density at radius 1 is 1.29 bits per heavy atom. The van der Waals surface area contributed by atoms with Crippen LogP contribution < -0.4 is 15.5 Å². The Morgan fingerprint density at radius 2 is 2.03 bits per heavy atom. The second kappa shape index (κ2) is 10.1. The molecule has 1 aromatic heterocycles. The maximum Gasteiger partial charge on any atom is 0.229 e. The number of nitrogens with one attached hydrogen (secondary N) is 3. The van der Waals surface area contributed by atoms with Gasteiger partial charge in [-0.2, -0.15) is 0 Å². The van der Waals surface area contributed by atoms with Crippen LogP contribution in [-0.4, -0.2) is 67.4 Å². The maximum absolute atomic E-state index is 13.0. The molecule has 3 fully saturated rings. The molecule has 3 aliphatic carbocycles. The third-order valence-electron chi connectivity index (χ3n) is 9.13. The van der Waals surface area contributed by atoms with Crippen molar-refractivity contribution in [2.75, 3.05) is 44.7 Å². The van der Waals surface area contributed by atoms with Gasteiger partial charge in [0.05, 0.1) is 38.1 Å². The highest BCUT2D eigenvalue weighted by Crippen LogP contribution is 2.57. The Morgan fingerprint density at radius 3 is 2.74 bits per heavy atom.